The lowest BCUT2D eigenvalue weighted by atomic mass is 10.2. The van der Waals surface area contributed by atoms with Crippen LogP contribution in [0.15, 0.2) is 30.3 Å². The fourth-order valence-corrected chi connectivity index (χ4v) is 1.97. The maximum absolute atomic E-state index is 13.0. The van der Waals surface area contributed by atoms with Crippen LogP contribution in [-0.2, 0) is 0 Å². The number of anilines is 1. The van der Waals surface area contributed by atoms with Crippen molar-refractivity contribution >= 4 is 34.8 Å². The maximum atomic E-state index is 13.0. The minimum Gasteiger partial charge on any atom is -0.322 e. The molecule has 1 aromatic heterocycles. The van der Waals surface area contributed by atoms with E-state index in [0.717, 1.165) is 0 Å². The molecule has 3 nitrogen and oxygen atoms in total. The first-order valence-corrected chi connectivity index (χ1v) is 6.12. The van der Waals surface area contributed by atoms with Crippen LogP contribution in [0.25, 0.3) is 0 Å². The summed E-state index contributed by atoms with van der Waals surface area (Å²) in [5, 5.41) is 2.79. The van der Waals surface area contributed by atoms with E-state index in [1.807, 2.05) is 0 Å². The normalized spacial score (nSPS) is 10.3. The lowest BCUT2D eigenvalue weighted by molar-refractivity contribution is 0.102. The maximum Gasteiger partial charge on any atom is 0.255 e. The Hall–Kier alpha value is -1.65. The molecule has 0 aliphatic heterocycles. The van der Waals surface area contributed by atoms with E-state index < -0.39 is 5.82 Å². The van der Waals surface area contributed by atoms with Crippen molar-refractivity contribution in [3.63, 3.8) is 0 Å². The van der Waals surface area contributed by atoms with Gasteiger partial charge in [0.25, 0.3) is 5.91 Å². The lowest BCUT2D eigenvalue weighted by Crippen LogP contribution is -2.12. The molecule has 6 heteroatoms. The third-order valence-corrected chi connectivity index (χ3v) is 2.85. The van der Waals surface area contributed by atoms with Gasteiger partial charge in [-0.25, -0.2) is 9.37 Å². The monoisotopic (exact) mass is 298 g/mol. The number of nitrogens with one attached hydrogen (secondary N) is 1. The quantitative estimate of drug-likeness (QED) is 0.849. The number of aryl methyl sites for hydroxylation is 1. The zero-order valence-electron chi connectivity index (χ0n) is 9.88. The number of carbonyl (C=O) groups is 1. The molecule has 0 saturated heterocycles. The number of pyridine rings is 1. The Balaban J connectivity index is 2.22. The van der Waals surface area contributed by atoms with Crippen molar-refractivity contribution in [1.29, 1.82) is 0 Å². The summed E-state index contributed by atoms with van der Waals surface area (Å²) in [6.07, 6.45) is 0. The number of hydrogen-bond acceptors (Lipinski definition) is 2. The Morgan fingerprint density at radius 3 is 2.63 bits per heavy atom. The van der Waals surface area contributed by atoms with E-state index >= 15 is 0 Å². The van der Waals surface area contributed by atoms with Gasteiger partial charge in [0, 0.05) is 16.9 Å². The molecule has 2 rings (SSSR count). The Kier molecular flexibility index (Phi) is 4.02. The molecular weight excluding hydrogens is 290 g/mol. The van der Waals surface area contributed by atoms with Crippen molar-refractivity contribution in [3.05, 3.63) is 57.6 Å². The van der Waals surface area contributed by atoms with Crippen LogP contribution in [0.5, 0.6) is 0 Å². The van der Waals surface area contributed by atoms with Gasteiger partial charge in [0.1, 0.15) is 11.0 Å². The molecule has 0 saturated carbocycles. The van der Waals surface area contributed by atoms with Gasteiger partial charge in [-0.15, -0.1) is 0 Å². The molecule has 1 aromatic carbocycles. The summed E-state index contributed by atoms with van der Waals surface area (Å²) in [6, 6.07) is 7.00. The third-order valence-electron chi connectivity index (χ3n) is 2.36. The van der Waals surface area contributed by atoms with Crippen molar-refractivity contribution in [3.8, 4) is 0 Å². The van der Waals surface area contributed by atoms with Gasteiger partial charge in [0.2, 0.25) is 0 Å². The van der Waals surface area contributed by atoms with E-state index in [4.69, 9.17) is 23.2 Å². The number of carbonyl (C=O) groups excluding carboxylic acids is 1. The Morgan fingerprint density at radius 2 is 2.00 bits per heavy atom. The van der Waals surface area contributed by atoms with Gasteiger partial charge >= 0.3 is 0 Å². The molecule has 19 heavy (non-hydrogen) atoms. The molecule has 1 heterocycles. The van der Waals surface area contributed by atoms with Crippen molar-refractivity contribution in [2.45, 2.75) is 6.92 Å². The second kappa shape index (κ2) is 5.55. The fourth-order valence-electron chi connectivity index (χ4n) is 1.54. The number of hydrogen-bond donors (Lipinski definition) is 1. The minimum atomic E-state index is -0.539. The lowest BCUT2D eigenvalue weighted by Gasteiger charge is -2.07. The highest BCUT2D eigenvalue weighted by Gasteiger charge is 2.09. The van der Waals surface area contributed by atoms with E-state index in [1.54, 1.807) is 13.0 Å². The molecule has 0 fully saturated rings. The first-order valence-electron chi connectivity index (χ1n) is 5.36. The summed E-state index contributed by atoms with van der Waals surface area (Å²) >= 11 is 11.4. The van der Waals surface area contributed by atoms with Crippen LogP contribution in [0.4, 0.5) is 10.1 Å². The Labute approximate surface area is 119 Å². The predicted molar refractivity (Wildman–Crippen MR) is 73.3 cm³/mol. The highest BCUT2D eigenvalue weighted by atomic mass is 35.5. The van der Waals surface area contributed by atoms with Crippen LogP contribution >= 0.6 is 23.2 Å². The molecule has 1 amide bonds. The molecule has 0 atom stereocenters. The molecular formula is C13H9Cl2FN2O. The summed E-state index contributed by atoms with van der Waals surface area (Å²) in [5.41, 5.74) is 1.41. The number of rotatable bonds is 2. The molecule has 0 spiro atoms. The Bertz CT molecular complexity index is 626. The highest BCUT2D eigenvalue weighted by molar-refractivity contribution is 6.31. The second-order valence-corrected chi connectivity index (χ2v) is 4.70. The van der Waals surface area contributed by atoms with Gasteiger partial charge in [-0.3, -0.25) is 4.79 Å². The second-order valence-electron chi connectivity index (χ2n) is 3.90. The summed E-state index contributed by atoms with van der Waals surface area (Å²) < 4.78 is 13.0. The number of halogens is 3. The Morgan fingerprint density at radius 1 is 1.26 bits per heavy atom. The number of aromatic nitrogens is 1. The van der Waals surface area contributed by atoms with Crippen LogP contribution < -0.4 is 5.32 Å². The van der Waals surface area contributed by atoms with Crippen molar-refractivity contribution < 1.29 is 9.18 Å². The zero-order valence-corrected chi connectivity index (χ0v) is 11.4. The molecule has 0 bridgehead atoms. The fraction of sp³-hybridized carbons (Fsp3) is 0.0769. The molecule has 1 N–H and O–H groups in total. The number of nitrogens with zero attached hydrogens (tertiary/aromatic N) is 1. The first kappa shape index (κ1) is 13.8. The molecule has 0 radical (unpaired) electrons. The zero-order chi connectivity index (χ0) is 14.0. The van der Waals surface area contributed by atoms with Crippen molar-refractivity contribution in [2.75, 3.05) is 5.32 Å². The van der Waals surface area contributed by atoms with Gasteiger partial charge in [-0.1, -0.05) is 23.2 Å². The van der Waals surface area contributed by atoms with Crippen LogP contribution in [0, 0.1) is 12.7 Å². The SMILES string of the molecule is Cc1cc(C(=O)Nc2ccc(F)c(Cl)c2)cc(Cl)n1. The summed E-state index contributed by atoms with van der Waals surface area (Å²) in [5.74, 6) is -0.905. The van der Waals surface area contributed by atoms with Gasteiger partial charge in [0.05, 0.1) is 5.02 Å². The molecule has 0 aliphatic carbocycles. The average molecular weight is 299 g/mol. The summed E-state index contributed by atoms with van der Waals surface area (Å²) in [7, 11) is 0. The van der Waals surface area contributed by atoms with Gasteiger partial charge in [-0.05, 0) is 37.3 Å². The van der Waals surface area contributed by atoms with E-state index in [9.17, 15) is 9.18 Å². The van der Waals surface area contributed by atoms with Crippen LogP contribution in [0.2, 0.25) is 10.2 Å². The van der Waals surface area contributed by atoms with Crippen LogP contribution in [0.1, 0.15) is 16.1 Å². The molecule has 2 aromatic rings. The van der Waals surface area contributed by atoms with Crippen LogP contribution in [0.3, 0.4) is 0 Å². The number of benzene rings is 1. The summed E-state index contributed by atoms with van der Waals surface area (Å²) in [6.45, 7) is 1.73. The minimum absolute atomic E-state index is 0.0539. The van der Waals surface area contributed by atoms with E-state index in [-0.39, 0.29) is 16.1 Å². The topological polar surface area (TPSA) is 42.0 Å². The van der Waals surface area contributed by atoms with Gasteiger partial charge in [-0.2, -0.15) is 0 Å². The molecule has 98 valence electrons. The average Bonchev–Trinajstić information content (AvgIpc) is 2.32. The predicted octanol–water partition coefficient (Wildman–Crippen LogP) is 4.09. The smallest absolute Gasteiger partial charge is 0.255 e. The van der Waals surface area contributed by atoms with Gasteiger partial charge in [0.15, 0.2) is 0 Å². The van der Waals surface area contributed by atoms with E-state index in [1.165, 1.54) is 24.3 Å². The van der Waals surface area contributed by atoms with Crippen molar-refractivity contribution in [1.82, 2.24) is 4.98 Å². The van der Waals surface area contributed by atoms with E-state index in [0.29, 0.717) is 16.9 Å². The highest BCUT2D eigenvalue weighted by Crippen LogP contribution is 2.20. The van der Waals surface area contributed by atoms with Crippen LogP contribution in [-0.4, -0.2) is 10.9 Å². The molecule has 0 aliphatic rings. The first-order chi connectivity index (χ1) is 8.95. The number of amides is 1. The summed E-state index contributed by atoms with van der Waals surface area (Å²) in [4.78, 5) is 15.9. The van der Waals surface area contributed by atoms with Crippen molar-refractivity contribution in [2.24, 2.45) is 0 Å². The third kappa shape index (κ3) is 3.43. The molecule has 0 unspecified atom stereocenters. The standard InChI is InChI=1S/C13H9Cl2FN2O/c1-7-4-8(5-12(15)17-7)13(19)18-9-2-3-11(16)10(14)6-9/h2-6H,1H3,(H,18,19). The largest absolute Gasteiger partial charge is 0.322 e. The van der Waals surface area contributed by atoms with Gasteiger partial charge < -0.3 is 5.32 Å². The van der Waals surface area contributed by atoms with E-state index in [2.05, 4.69) is 10.3 Å².